The Bertz CT molecular complexity index is 731. The number of hydrogen-bond acceptors (Lipinski definition) is 4. The van der Waals surface area contributed by atoms with Gasteiger partial charge in [-0.3, -0.25) is 9.59 Å². The maximum absolute atomic E-state index is 13.9. The maximum atomic E-state index is 13.9. The lowest BCUT2D eigenvalue weighted by atomic mass is 9.42. The van der Waals surface area contributed by atoms with Crippen LogP contribution < -0.4 is 0 Å². The van der Waals surface area contributed by atoms with Crippen molar-refractivity contribution in [2.24, 2.45) is 52.3 Å². The topological polar surface area (TPSA) is 63.6 Å². The van der Waals surface area contributed by atoms with E-state index in [-0.39, 0.29) is 40.7 Å². The number of aliphatic hydroxyl groups is 1. The molecule has 0 aromatic carbocycles. The van der Waals surface area contributed by atoms with E-state index in [0.717, 1.165) is 44.9 Å². The molecule has 4 rings (SSSR count). The number of Topliss-reactive ketones (excluding diaryl/α,β-unsaturated/α-hetero) is 1. The summed E-state index contributed by atoms with van der Waals surface area (Å²) >= 11 is 0. The van der Waals surface area contributed by atoms with Gasteiger partial charge in [-0.2, -0.15) is 0 Å². The highest BCUT2D eigenvalue weighted by atomic mass is 16.5. The summed E-state index contributed by atoms with van der Waals surface area (Å²) in [6.45, 7) is 11.2. The Morgan fingerprint density at radius 2 is 1.84 bits per heavy atom. The molecule has 4 saturated carbocycles. The predicted octanol–water partition coefficient (Wildman–Crippen LogP) is 5.19. The Labute approximate surface area is 188 Å². The van der Waals surface area contributed by atoms with E-state index in [2.05, 4.69) is 27.4 Å². The maximum Gasteiger partial charge on any atom is 0.305 e. The summed E-state index contributed by atoms with van der Waals surface area (Å²) in [5, 5.41) is 10.4. The van der Waals surface area contributed by atoms with Crippen molar-refractivity contribution in [3.63, 3.8) is 0 Å². The lowest BCUT2D eigenvalue weighted by Gasteiger charge is -2.62. The van der Waals surface area contributed by atoms with Crippen molar-refractivity contribution in [3.8, 4) is 0 Å². The van der Waals surface area contributed by atoms with Crippen molar-refractivity contribution >= 4 is 11.8 Å². The second kappa shape index (κ2) is 8.32. The van der Waals surface area contributed by atoms with Gasteiger partial charge in [-0.25, -0.2) is 0 Å². The first kappa shape index (κ1) is 23.0. The number of esters is 1. The van der Waals surface area contributed by atoms with Gasteiger partial charge >= 0.3 is 5.97 Å². The van der Waals surface area contributed by atoms with Gasteiger partial charge in [-0.05, 0) is 91.8 Å². The Morgan fingerprint density at radius 3 is 2.52 bits per heavy atom. The zero-order valence-corrected chi connectivity index (χ0v) is 19.9. The average molecular weight is 431 g/mol. The second-order valence-corrected chi connectivity index (χ2v) is 11.8. The molecule has 1 N–H and O–H groups in total. The first-order valence-corrected chi connectivity index (χ1v) is 12.6. The van der Waals surface area contributed by atoms with E-state index < -0.39 is 0 Å². The molecular weight excluding hydrogens is 388 g/mol. The molecule has 0 aliphatic heterocycles. The van der Waals surface area contributed by atoms with E-state index in [4.69, 9.17) is 4.74 Å². The standard InChI is InChI=1S/C27H42O4/c1-6-18-22-15-17(28)11-13-27(22,4)21-12-14-26(3)19(16(2)7-10-23(29)31-5)8-9-20(26)24(21)25(18)30/h6,16-22,24,28H,1,7-15H2,2-5H3/t16-,17-,18?,19-,20+,21+,22?,24+,26-,27-/m1/s1. The Kier molecular flexibility index (Phi) is 6.17. The first-order chi connectivity index (χ1) is 14.7. The zero-order valence-electron chi connectivity index (χ0n) is 19.9. The third kappa shape index (κ3) is 3.52. The van der Waals surface area contributed by atoms with E-state index in [1.54, 1.807) is 0 Å². The van der Waals surface area contributed by atoms with E-state index in [0.29, 0.717) is 35.9 Å². The van der Waals surface area contributed by atoms with Crippen LogP contribution in [-0.2, 0) is 14.3 Å². The molecule has 4 nitrogen and oxygen atoms in total. The van der Waals surface area contributed by atoms with Crippen molar-refractivity contribution in [2.45, 2.75) is 84.7 Å². The lowest BCUT2D eigenvalue weighted by molar-refractivity contribution is -0.168. The van der Waals surface area contributed by atoms with Gasteiger partial charge in [-0.15, -0.1) is 6.58 Å². The van der Waals surface area contributed by atoms with Crippen molar-refractivity contribution in [1.29, 1.82) is 0 Å². The number of ketones is 1. The van der Waals surface area contributed by atoms with Gasteiger partial charge in [0.2, 0.25) is 0 Å². The molecule has 0 aromatic rings. The number of carbonyl (C=O) groups is 2. The van der Waals surface area contributed by atoms with Crippen LogP contribution in [0.4, 0.5) is 0 Å². The summed E-state index contributed by atoms with van der Waals surface area (Å²) in [6.07, 6.45) is 10.2. The molecule has 4 fully saturated rings. The van der Waals surface area contributed by atoms with Crippen LogP contribution in [0, 0.1) is 52.3 Å². The van der Waals surface area contributed by atoms with Crippen molar-refractivity contribution in [2.75, 3.05) is 7.11 Å². The molecule has 0 saturated heterocycles. The van der Waals surface area contributed by atoms with Crippen LogP contribution in [0.2, 0.25) is 0 Å². The highest BCUT2D eigenvalue weighted by molar-refractivity contribution is 5.87. The Hall–Kier alpha value is -1.16. The van der Waals surface area contributed by atoms with E-state index >= 15 is 0 Å². The summed E-state index contributed by atoms with van der Waals surface area (Å²) in [6, 6.07) is 0. The highest BCUT2D eigenvalue weighted by Crippen LogP contribution is 2.68. The quantitative estimate of drug-likeness (QED) is 0.482. The molecule has 174 valence electrons. The molecule has 10 atom stereocenters. The molecule has 0 heterocycles. The fraction of sp³-hybridized carbons (Fsp3) is 0.852. The molecule has 0 amide bonds. The van der Waals surface area contributed by atoms with Crippen LogP contribution in [0.5, 0.6) is 0 Å². The summed E-state index contributed by atoms with van der Waals surface area (Å²) in [4.78, 5) is 25.6. The largest absolute Gasteiger partial charge is 0.469 e. The van der Waals surface area contributed by atoms with Crippen molar-refractivity contribution < 1.29 is 19.4 Å². The lowest BCUT2D eigenvalue weighted by Crippen LogP contribution is -2.60. The number of allylic oxidation sites excluding steroid dienone is 1. The molecule has 2 unspecified atom stereocenters. The van der Waals surface area contributed by atoms with Gasteiger partial charge in [0.05, 0.1) is 13.2 Å². The third-order valence-electron chi connectivity index (χ3n) is 10.6. The summed E-state index contributed by atoms with van der Waals surface area (Å²) in [5.41, 5.74) is 0.308. The SMILES string of the molecule is C=CC1C(=O)[C@H]2[C@@H]3CC[C@H]([C@H](C)CCC(=O)OC)[C@@]3(C)CC[C@@H]2[C@@]2(C)CC[C@@H](O)CC12. The van der Waals surface area contributed by atoms with Gasteiger partial charge in [0.15, 0.2) is 0 Å². The average Bonchev–Trinajstić information content (AvgIpc) is 3.10. The summed E-state index contributed by atoms with van der Waals surface area (Å²) < 4.78 is 4.86. The molecule has 4 heteroatoms. The molecule has 4 aliphatic carbocycles. The van der Waals surface area contributed by atoms with Crippen LogP contribution in [0.15, 0.2) is 12.7 Å². The Morgan fingerprint density at radius 1 is 1.16 bits per heavy atom. The fourth-order valence-electron chi connectivity index (χ4n) is 8.96. The number of rotatable bonds is 5. The van der Waals surface area contributed by atoms with E-state index in [1.807, 2.05) is 6.08 Å². The first-order valence-electron chi connectivity index (χ1n) is 12.6. The van der Waals surface area contributed by atoms with Crippen LogP contribution in [0.1, 0.15) is 78.6 Å². The summed E-state index contributed by atoms with van der Waals surface area (Å²) in [7, 11) is 1.46. The number of fused-ring (bicyclic) bond motifs is 5. The summed E-state index contributed by atoms with van der Waals surface area (Å²) in [5.74, 6) is 2.47. The number of hydrogen-bond donors (Lipinski definition) is 1. The predicted molar refractivity (Wildman–Crippen MR) is 121 cm³/mol. The zero-order chi connectivity index (χ0) is 22.6. The van der Waals surface area contributed by atoms with Crippen LogP contribution in [0.25, 0.3) is 0 Å². The van der Waals surface area contributed by atoms with Gasteiger partial charge in [-0.1, -0.05) is 26.8 Å². The van der Waals surface area contributed by atoms with E-state index in [1.165, 1.54) is 13.5 Å². The van der Waals surface area contributed by atoms with Crippen LogP contribution in [-0.4, -0.2) is 30.1 Å². The number of carbonyl (C=O) groups excluding carboxylic acids is 2. The van der Waals surface area contributed by atoms with Gasteiger partial charge in [0.25, 0.3) is 0 Å². The third-order valence-corrected chi connectivity index (χ3v) is 10.6. The molecule has 31 heavy (non-hydrogen) atoms. The number of methoxy groups -OCH3 is 1. The van der Waals surface area contributed by atoms with Crippen LogP contribution >= 0.6 is 0 Å². The molecular formula is C27H42O4. The smallest absolute Gasteiger partial charge is 0.305 e. The normalized spacial score (nSPS) is 47.6. The van der Waals surface area contributed by atoms with Gasteiger partial charge in [0, 0.05) is 18.3 Å². The molecule has 0 bridgehead atoms. The molecule has 0 radical (unpaired) electrons. The highest BCUT2D eigenvalue weighted by Gasteiger charge is 2.64. The number of aliphatic hydroxyl groups excluding tert-OH is 1. The minimum absolute atomic E-state index is 0.112. The minimum atomic E-state index is -0.273. The van der Waals surface area contributed by atoms with Gasteiger partial charge in [0.1, 0.15) is 5.78 Å². The number of ether oxygens (including phenoxy) is 1. The molecule has 0 aromatic heterocycles. The monoisotopic (exact) mass is 430 g/mol. The molecule has 0 spiro atoms. The fourth-order valence-corrected chi connectivity index (χ4v) is 8.96. The van der Waals surface area contributed by atoms with E-state index in [9.17, 15) is 14.7 Å². The molecule has 4 aliphatic rings. The second-order valence-electron chi connectivity index (χ2n) is 11.8. The van der Waals surface area contributed by atoms with Gasteiger partial charge < -0.3 is 9.84 Å². The van der Waals surface area contributed by atoms with Crippen molar-refractivity contribution in [1.82, 2.24) is 0 Å². The Balaban J connectivity index is 1.60. The van der Waals surface area contributed by atoms with Crippen molar-refractivity contribution in [3.05, 3.63) is 12.7 Å². The van der Waals surface area contributed by atoms with Crippen LogP contribution in [0.3, 0.4) is 0 Å². The minimum Gasteiger partial charge on any atom is -0.469 e.